The molecular weight excluding hydrogens is 448 g/mol. The van der Waals surface area contributed by atoms with E-state index in [0.29, 0.717) is 18.0 Å². The zero-order chi connectivity index (χ0) is 24.9. The average Bonchev–Trinajstić information content (AvgIpc) is 2.97. The van der Waals surface area contributed by atoms with Crippen LogP contribution in [0.2, 0.25) is 0 Å². The summed E-state index contributed by atoms with van der Waals surface area (Å²) in [4.78, 5) is 37.0. The maximum atomic E-state index is 13.6. The predicted octanol–water partition coefficient (Wildman–Crippen LogP) is 4.57. The SMILES string of the molecule is CCC(=O)N1CCC(N2CCN(C(=O)c3cc(-c4ccccc4)nc(-c4ccccc4)c3)CC2)CC1. The number of rotatable bonds is 5. The summed E-state index contributed by atoms with van der Waals surface area (Å²) < 4.78 is 0. The Morgan fingerprint density at radius 3 is 1.78 bits per heavy atom. The van der Waals surface area contributed by atoms with E-state index in [0.717, 1.165) is 74.6 Å². The van der Waals surface area contributed by atoms with Crippen molar-refractivity contribution in [3.63, 3.8) is 0 Å². The Balaban J connectivity index is 1.29. The van der Waals surface area contributed by atoms with Gasteiger partial charge in [0.25, 0.3) is 5.91 Å². The van der Waals surface area contributed by atoms with Gasteiger partial charge in [-0.25, -0.2) is 4.98 Å². The summed E-state index contributed by atoms with van der Waals surface area (Å²) >= 11 is 0. The van der Waals surface area contributed by atoms with Crippen LogP contribution in [0.15, 0.2) is 72.8 Å². The second-order valence-electron chi connectivity index (χ2n) is 9.65. The molecule has 2 fully saturated rings. The number of piperidine rings is 1. The first-order valence-electron chi connectivity index (χ1n) is 13.1. The third-order valence-corrected chi connectivity index (χ3v) is 7.45. The molecular formula is C30H34N4O2. The molecule has 0 aliphatic carbocycles. The number of nitrogens with zero attached hydrogens (tertiary/aromatic N) is 4. The molecule has 0 atom stereocenters. The Morgan fingerprint density at radius 2 is 1.28 bits per heavy atom. The van der Waals surface area contributed by atoms with Gasteiger partial charge in [0.2, 0.25) is 5.91 Å². The van der Waals surface area contributed by atoms with Gasteiger partial charge in [0.15, 0.2) is 0 Å². The summed E-state index contributed by atoms with van der Waals surface area (Å²) in [6, 6.07) is 24.4. The molecule has 186 valence electrons. The van der Waals surface area contributed by atoms with Crippen LogP contribution >= 0.6 is 0 Å². The Bertz CT molecular complexity index is 1120. The Hall–Kier alpha value is -3.51. The summed E-state index contributed by atoms with van der Waals surface area (Å²) in [5, 5.41) is 0. The smallest absolute Gasteiger partial charge is 0.254 e. The van der Waals surface area contributed by atoms with Crippen LogP contribution in [0.1, 0.15) is 36.5 Å². The van der Waals surface area contributed by atoms with Crippen LogP contribution in [-0.2, 0) is 4.79 Å². The summed E-state index contributed by atoms with van der Waals surface area (Å²) in [5.41, 5.74) is 4.31. The number of piperazine rings is 1. The van der Waals surface area contributed by atoms with Crippen LogP contribution in [0.25, 0.3) is 22.5 Å². The van der Waals surface area contributed by atoms with Gasteiger partial charge in [0.1, 0.15) is 0 Å². The maximum absolute atomic E-state index is 13.6. The molecule has 5 rings (SSSR count). The fourth-order valence-electron chi connectivity index (χ4n) is 5.34. The van der Waals surface area contributed by atoms with E-state index in [1.54, 1.807) is 0 Å². The van der Waals surface area contributed by atoms with Gasteiger partial charge in [-0.05, 0) is 25.0 Å². The Labute approximate surface area is 213 Å². The zero-order valence-corrected chi connectivity index (χ0v) is 21.0. The van der Waals surface area contributed by atoms with E-state index in [9.17, 15) is 9.59 Å². The third-order valence-electron chi connectivity index (χ3n) is 7.45. The molecule has 6 nitrogen and oxygen atoms in total. The first-order valence-corrected chi connectivity index (χ1v) is 13.1. The van der Waals surface area contributed by atoms with Crippen molar-refractivity contribution in [3.8, 4) is 22.5 Å². The molecule has 0 radical (unpaired) electrons. The number of pyridine rings is 1. The molecule has 0 spiro atoms. The van der Waals surface area contributed by atoms with E-state index in [4.69, 9.17) is 4.98 Å². The lowest BCUT2D eigenvalue weighted by molar-refractivity contribution is -0.132. The summed E-state index contributed by atoms with van der Waals surface area (Å²) in [6.45, 7) is 6.81. The van der Waals surface area contributed by atoms with Gasteiger partial charge in [0, 0.05) is 68.4 Å². The first-order chi connectivity index (χ1) is 17.6. The number of likely N-dealkylation sites (tertiary alicyclic amines) is 1. The van der Waals surface area contributed by atoms with Crippen molar-refractivity contribution in [3.05, 3.63) is 78.4 Å². The minimum atomic E-state index is 0.0646. The highest BCUT2D eigenvalue weighted by Crippen LogP contribution is 2.26. The number of carbonyl (C=O) groups is 2. The number of aromatic nitrogens is 1. The molecule has 1 aromatic heterocycles. The zero-order valence-electron chi connectivity index (χ0n) is 21.0. The molecule has 36 heavy (non-hydrogen) atoms. The summed E-state index contributed by atoms with van der Waals surface area (Å²) in [7, 11) is 0. The summed E-state index contributed by atoms with van der Waals surface area (Å²) in [5.74, 6) is 0.320. The van der Waals surface area contributed by atoms with Crippen LogP contribution < -0.4 is 0 Å². The molecule has 3 aromatic rings. The minimum Gasteiger partial charge on any atom is -0.343 e. The largest absolute Gasteiger partial charge is 0.343 e. The van der Waals surface area contributed by atoms with Crippen LogP contribution in [0.4, 0.5) is 0 Å². The molecule has 6 heteroatoms. The highest BCUT2D eigenvalue weighted by molar-refractivity contribution is 5.96. The van der Waals surface area contributed by atoms with Crippen LogP contribution in [-0.4, -0.2) is 76.8 Å². The lowest BCUT2D eigenvalue weighted by atomic mass is 10.0. The van der Waals surface area contributed by atoms with E-state index in [2.05, 4.69) is 4.90 Å². The fraction of sp³-hybridized carbons (Fsp3) is 0.367. The topological polar surface area (TPSA) is 56.8 Å². The van der Waals surface area contributed by atoms with Gasteiger partial charge in [-0.3, -0.25) is 14.5 Å². The summed E-state index contributed by atoms with van der Waals surface area (Å²) in [6.07, 6.45) is 2.62. The van der Waals surface area contributed by atoms with E-state index < -0.39 is 0 Å². The Morgan fingerprint density at radius 1 is 0.750 bits per heavy atom. The molecule has 3 heterocycles. The molecule has 0 saturated carbocycles. The van der Waals surface area contributed by atoms with Gasteiger partial charge in [-0.1, -0.05) is 67.6 Å². The highest BCUT2D eigenvalue weighted by atomic mass is 16.2. The van der Waals surface area contributed by atoms with Crippen molar-refractivity contribution >= 4 is 11.8 Å². The van der Waals surface area contributed by atoms with E-state index in [1.165, 1.54) is 0 Å². The number of carbonyl (C=O) groups excluding carboxylic acids is 2. The van der Waals surface area contributed by atoms with Gasteiger partial charge in [-0.15, -0.1) is 0 Å². The van der Waals surface area contributed by atoms with E-state index in [-0.39, 0.29) is 11.8 Å². The molecule has 0 N–H and O–H groups in total. The molecule has 0 bridgehead atoms. The van der Waals surface area contributed by atoms with Crippen LogP contribution in [0, 0.1) is 0 Å². The van der Waals surface area contributed by atoms with Crippen molar-refractivity contribution in [2.75, 3.05) is 39.3 Å². The number of hydrogen-bond acceptors (Lipinski definition) is 4. The van der Waals surface area contributed by atoms with Crippen LogP contribution in [0.5, 0.6) is 0 Å². The predicted molar refractivity (Wildman–Crippen MR) is 142 cm³/mol. The van der Waals surface area contributed by atoms with Crippen LogP contribution in [0.3, 0.4) is 0 Å². The number of benzene rings is 2. The van der Waals surface area contributed by atoms with Gasteiger partial charge >= 0.3 is 0 Å². The Kier molecular flexibility index (Phi) is 7.42. The lowest BCUT2D eigenvalue weighted by Crippen LogP contribution is -2.54. The van der Waals surface area contributed by atoms with Gasteiger partial charge in [-0.2, -0.15) is 0 Å². The van der Waals surface area contributed by atoms with Crippen molar-refractivity contribution in [1.29, 1.82) is 0 Å². The van der Waals surface area contributed by atoms with E-state index in [1.807, 2.05) is 89.5 Å². The fourth-order valence-corrected chi connectivity index (χ4v) is 5.34. The van der Waals surface area contributed by atoms with Crippen molar-refractivity contribution in [1.82, 2.24) is 19.7 Å². The van der Waals surface area contributed by atoms with E-state index >= 15 is 0 Å². The van der Waals surface area contributed by atoms with Crippen molar-refractivity contribution in [2.24, 2.45) is 0 Å². The molecule has 0 unspecified atom stereocenters. The second-order valence-corrected chi connectivity index (χ2v) is 9.65. The third kappa shape index (κ3) is 5.34. The molecule has 2 aliphatic heterocycles. The lowest BCUT2D eigenvalue weighted by Gasteiger charge is -2.42. The average molecular weight is 483 g/mol. The van der Waals surface area contributed by atoms with Gasteiger partial charge in [0.05, 0.1) is 11.4 Å². The highest BCUT2D eigenvalue weighted by Gasteiger charge is 2.30. The molecule has 2 saturated heterocycles. The molecule has 2 amide bonds. The number of hydrogen-bond donors (Lipinski definition) is 0. The quantitative estimate of drug-likeness (QED) is 0.534. The standard InChI is InChI=1S/C30H34N4O2/c1-2-29(35)33-15-13-26(14-16-33)32-17-19-34(20-18-32)30(36)25-21-27(23-9-5-3-6-10-23)31-28(22-25)24-11-7-4-8-12-24/h3-12,21-22,26H,2,13-20H2,1H3. The molecule has 2 aromatic carbocycles. The normalized spacial score (nSPS) is 17.2. The maximum Gasteiger partial charge on any atom is 0.254 e. The van der Waals surface area contributed by atoms with Crippen molar-refractivity contribution < 1.29 is 9.59 Å². The first kappa shape index (κ1) is 24.2. The minimum absolute atomic E-state index is 0.0646. The number of amides is 2. The van der Waals surface area contributed by atoms with Gasteiger partial charge < -0.3 is 9.80 Å². The monoisotopic (exact) mass is 482 g/mol. The molecule has 2 aliphatic rings. The second kappa shape index (κ2) is 11.0. The van der Waals surface area contributed by atoms with Crippen molar-refractivity contribution in [2.45, 2.75) is 32.2 Å².